The molecule has 0 heterocycles. The predicted molar refractivity (Wildman–Crippen MR) is 103 cm³/mol. The van der Waals surface area contributed by atoms with Gasteiger partial charge in [0.25, 0.3) is 0 Å². The topological polar surface area (TPSA) is 39.7 Å². The Morgan fingerprint density at radius 1 is 0.760 bits per heavy atom. The molecule has 2 aromatic carbocycles. The van der Waals surface area contributed by atoms with E-state index in [9.17, 15) is 0 Å². The number of hydrogen-bond donors (Lipinski definition) is 1. The molecule has 2 aromatic rings. The molecule has 0 unspecified atom stereocenters. The number of anilines is 1. The van der Waals surface area contributed by atoms with Crippen molar-refractivity contribution in [2.75, 3.05) is 38.8 Å². The Bertz CT molecular complexity index is 615. The molecule has 0 atom stereocenters. The van der Waals surface area contributed by atoms with Crippen LogP contribution in [-0.2, 0) is 10.2 Å². The van der Waals surface area contributed by atoms with Gasteiger partial charge < -0.3 is 19.5 Å². The lowest BCUT2D eigenvalue weighted by Gasteiger charge is -2.19. The Kier molecular flexibility index (Phi) is 7.14. The largest absolute Gasteiger partial charge is 0.492 e. The molecule has 0 saturated carbocycles. The normalized spacial score (nSPS) is 11.2. The molecule has 25 heavy (non-hydrogen) atoms. The van der Waals surface area contributed by atoms with Crippen LogP contribution < -0.4 is 14.8 Å². The summed E-state index contributed by atoms with van der Waals surface area (Å²) in [5, 5.41) is 3.34. The quantitative estimate of drug-likeness (QED) is 0.681. The highest BCUT2D eigenvalue weighted by molar-refractivity contribution is 5.46. The molecule has 136 valence electrons. The molecule has 0 saturated heterocycles. The summed E-state index contributed by atoms with van der Waals surface area (Å²) < 4.78 is 16.3. The first-order chi connectivity index (χ1) is 12.0. The van der Waals surface area contributed by atoms with Gasteiger partial charge in [0, 0.05) is 19.3 Å². The summed E-state index contributed by atoms with van der Waals surface area (Å²) in [4.78, 5) is 0. The Balaban J connectivity index is 1.70. The number of benzene rings is 2. The zero-order chi connectivity index (χ0) is 18.1. The Labute approximate surface area is 151 Å². The van der Waals surface area contributed by atoms with Crippen LogP contribution in [0.15, 0.2) is 48.5 Å². The minimum Gasteiger partial charge on any atom is -0.492 e. The lowest BCUT2D eigenvalue weighted by Crippen LogP contribution is -2.12. The first-order valence-corrected chi connectivity index (χ1v) is 8.68. The van der Waals surface area contributed by atoms with Gasteiger partial charge in [-0.3, -0.25) is 0 Å². The summed E-state index contributed by atoms with van der Waals surface area (Å²) >= 11 is 0. The standard InChI is InChI=1S/C21H29NO3/c1-21(2,3)17-5-9-19(10-6-17)24-14-13-22-18-7-11-20(12-8-18)25-16-15-23-4/h5-12,22H,13-16H2,1-4H3. The maximum atomic E-state index is 5.78. The highest BCUT2D eigenvalue weighted by atomic mass is 16.5. The lowest BCUT2D eigenvalue weighted by atomic mass is 9.87. The van der Waals surface area contributed by atoms with Crippen molar-refractivity contribution in [1.82, 2.24) is 0 Å². The molecule has 4 nitrogen and oxygen atoms in total. The fourth-order valence-corrected chi connectivity index (χ4v) is 2.33. The van der Waals surface area contributed by atoms with Crippen LogP contribution in [0.3, 0.4) is 0 Å². The average molecular weight is 343 g/mol. The van der Waals surface area contributed by atoms with Crippen LogP contribution in [0, 0.1) is 0 Å². The zero-order valence-electron chi connectivity index (χ0n) is 15.7. The van der Waals surface area contributed by atoms with Crippen LogP contribution in [0.25, 0.3) is 0 Å². The Hall–Kier alpha value is -2.20. The summed E-state index contributed by atoms with van der Waals surface area (Å²) in [7, 11) is 1.66. The van der Waals surface area contributed by atoms with Crippen LogP contribution >= 0.6 is 0 Å². The molecular formula is C21H29NO3. The van der Waals surface area contributed by atoms with E-state index in [-0.39, 0.29) is 5.41 Å². The molecule has 0 fully saturated rings. The second kappa shape index (κ2) is 9.33. The molecule has 0 amide bonds. The van der Waals surface area contributed by atoms with Crippen molar-refractivity contribution in [2.45, 2.75) is 26.2 Å². The third-order valence-electron chi connectivity index (χ3n) is 3.83. The minimum atomic E-state index is 0.166. The number of nitrogens with one attached hydrogen (secondary N) is 1. The van der Waals surface area contributed by atoms with Gasteiger partial charge in [-0.2, -0.15) is 0 Å². The fourth-order valence-electron chi connectivity index (χ4n) is 2.33. The van der Waals surface area contributed by atoms with E-state index < -0.39 is 0 Å². The molecule has 0 aromatic heterocycles. The van der Waals surface area contributed by atoms with Crippen LogP contribution in [-0.4, -0.2) is 33.5 Å². The monoisotopic (exact) mass is 343 g/mol. The second-order valence-corrected chi connectivity index (χ2v) is 6.92. The Morgan fingerprint density at radius 2 is 1.32 bits per heavy atom. The summed E-state index contributed by atoms with van der Waals surface area (Å²) in [5.74, 6) is 1.74. The van der Waals surface area contributed by atoms with E-state index in [1.165, 1.54) is 5.56 Å². The van der Waals surface area contributed by atoms with Gasteiger partial charge >= 0.3 is 0 Å². The number of hydrogen-bond acceptors (Lipinski definition) is 4. The van der Waals surface area contributed by atoms with Crippen molar-refractivity contribution in [3.8, 4) is 11.5 Å². The Morgan fingerprint density at radius 3 is 1.88 bits per heavy atom. The van der Waals surface area contributed by atoms with Gasteiger partial charge in [0.05, 0.1) is 6.61 Å². The van der Waals surface area contributed by atoms with E-state index in [4.69, 9.17) is 14.2 Å². The van der Waals surface area contributed by atoms with E-state index in [2.05, 4.69) is 38.2 Å². The number of rotatable bonds is 9. The van der Waals surface area contributed by atoms with Gasteiger partial charge in [-0.15, -0.1) is 0 Å². The number of methoxy groups -OCH3 is 1. The van der Waals surface area contributed by atoms with Crippen molar-refractivity contribution in [1.29, 1.82) is 0 Å². The number of ether oxygens (including phenoxy) is 3. The fraction of sp³-hybridized carbons (Fsp3) is 0.429. The molecule has 0 spiro atoms. The molecule has 0 radical (unpaired) electrons. The molecule has 0 aliphatic heterocycles. The summed E-state index contributed by atoms with van der Waals surface area (Å²) in [5.41, 5.74) is 2.52. The first-order valence-electron chi connectivity index (χ1n) is 8.68. The summed E-state index contributed by atoms with van der Waals surface area (Å²) in [6.07, 6.45) is 0. The van der Waals surface area contributed by atoms with Crippen molar-refractivity contribution >= 4 is 5.69 Å². The SMILES string of the molecule is COCCOc1ccc(NCCOc2ccc(C(C)(C)C)cc2)cc1. The third kappa shape index (κ3) is 6.67. The van der Waals surface area contributed by atoms with Crippen LogP contribution in [0.5, 0.6) is 11.5 Å². The molecule has 0 aliphatic carbocycles. The maximum absolute atomic E-state index is 5.78. The van der Waals surface area contributed by atoms with Gasteiger partial charge in [0.15, 0.2) is 0 Å². The lowest BCUT2D eigenvalue weighted by molar-refractivity contribution is 0.146. The minimum absolute atomic E-state index is 0.166. The van der Waals surface area contributed by atoms with E-state index in [1.807, 2.05) is 36.4 Å². The molecular weight excluding hydrogens is 314 g/mol. The van der Waals surface area contributed by atoms with E-state index in [0.717, 1.165) is 23.7 Å². The van der Waals surface area contributed by atoms with Crippen molar-refractivity contribution < 1.29 is 14.2 Å². The van der Waals surface area contributed by atoms with Crippen molar-refractivity contribution in [2.24, 2.45) is 0 Å². The van der Waals surface area contributed by atoms with Crippen LogP contribution in [0.4, 0.5) is 5.69 Å². The van der Waals surface area contributed by atoms with Gasteiger partial charge in [0.1, 0.15) is 24.7 Å². The van der Waals surface area contributed by atoms with Crippen LogP contribution in [0.1, 0.15) is 26.3 Å². The van der Waals surface area contributed by atoms with E-state index >= 15 is 0 Å². The average Bonchev–Trinajstić information content (AvgIpc) is 2.60. The predicted octanol–water partition coefficient (Wildman–Crippen LogP) is 4.50. The van der Waals surface area contributed by atoms with Crippen LogP contribution in [0.2, 0.25) is 0 Å². The smallest absolute Gasteiger partial charge is 0.119 e. The second-order valence-electron chi connectivity index (χ2n) is 6.92. The van der Waals surface area contributed by atoms with Gasteiger partial charge in [-0.25, -0.2) is 0 Å². The molecule has 4 heteroatoms. The molecule has 0 aliphatic rings. The zero-order valence-corrected chi connectivity index (χ0v) is 15.7. The molecule has 0 bridgehead atoms. The van der Waals surface area contributed by atoms with E-state index in [1.54, 1.807) is 7.11 Å². The molecule has 1 N–H and O–H groups in total. The van der Waals surface area contributed by atoms with Gasteiger partial charge in [-0.1, -0.05) is 32.9 Å². The summed E-state index contributed by atoms with van der Waals surface area (Å²) in [6, 6.07) is 16.2. The highest BCUT2D eigenvalue weighted by Gasteiger charge is 2.12. The third-order valence-corrected chi connectivity index (χ3v) is 3.83. The first kappa shape index (κ1) is 19.1. The van der Waals surface area contributed by atoms with Crippen molar-refractivity contribution in [3.05, 3.63) is 54.1 Å². The highest BCUT2D eigenvalue weighted by Crippen LogP contribution is 2.24. The van der Waals surface area contributed by atoms with Crippen molar-refractivity contribution in [3.63, 3.8) is 0 Å². The molecule has 2 rings (SSSR count). The van der Waals surface area contributed by atoms with Gasteiger partial charge in [0.2, 0.25) is 0 Å². The van der Waals surface area contributed by atoms with Gasteiger partial charge in [-0.05, 0) is 47.4 Å². The summed E-state index contributed by atoms with van der Waals surface area (Å²) in [6.45, 7) is 9.13. The van der Waals surface area contributed by atoms with E-state index in [0.29, 0.717) is 19.8 Å². The maximum Gasteiger partial charge on any atom is 0.119 e.